The zero-order valence-electron chi connectivity index (χ0n) is 15.5. The summed E-state index contributed by atoms with van der Waals surface area (Å²) >= 11 is 12.1. The lowest BCUT2D eigenvalue weighted by Crippen LogP contribution is -2.07. The van der Waals surface area contributed by atoms with Gasteiger partial charge in [-0.2, -0.15) is 5.10 Å². The summed E-state index contributed by atoms with van der Waals surface area (Å²) in [5.41, 5.74) is 3.34. The van der Waals surface area contributed by atoms with Crippen molar-refractivity contribution in [3.8, 4) is 17.0 Å². The third-order valence-corrected chi connectivity index (χ3v) is 5.37. The topological polar surface area (TPSA) is 69.3 Å². The first-order valence-corrected chi connectivity index (χ1v) is 9.58. The number of rotatable bonds is 6. The van der Waals surface area contributed by atoms with Gasteiger partial charge in [0, 0.05) is 24.9 Å². The highest BCUT2D eigenvalue weighted by Crippen LogP contribution is 2.28. The number of hydrogen-bond acceptors (Lipinski definition) is 3. The maximum atomic E-state index is 11.0. The van der Waals surface area contributed by atoms with Crippen molar-refractivity contribution in [2.75, 3.05) is 0 Å². The minimum absolute atomic E-state index is 0.0955. The summed E-state index contributed by atoms with van der Waals surface area (Å²) < 4.78 is 9.36. The lowest BCUT2D eigenvalue weighted by Gasteiger charge is -2.08. The molecule has 148 valence electrons. The minimum atomic E-state index is -0.890. The summed E-state index contributed by atoms with van der Waals surface area (Å²) in [5, 5.41) is 15.5. The second kappa shape index (κ2) is 7.81. The molecule has 8 heteroatoms. The third kappa shape index (κ3) is 4.09. The molecule has 0 unspecified atom stereocenters. The van der Waals surface area contributed by atoms with Crippen LogP contribution in [0.5, 0.6) is 5.75 Å². The standard InChI is InChI=1S/C21H17Cl2N3O3/c1-25-15(9-19(24-25)14-3-5-17(22)18(23)8-14)12-29-16-4-2-13-6-7-26(11-21(27)28)20(13)10-16/h2-10H,11-12H2,1H3,(H,27,28). The monoisotopic (exact) mass is 429 g/mol. The van der Waals surface area contributed by atoms with Crippen LogP contribution in [-0.4, -0.2) is 25.4 Å². The molecule has 0 fully saturated rings. The molecule has 0 saturated carbocycles. The third-order valence-electron chi connectivity index (χ3n) is 4.63. The Morgan fingerprint density at radius 3 is 2.69 bits per heavy atom. The average Bonchev–Trinajstić information content (AvgIpc) is 3.25. The van der Waals surface area contributed by atoms with E-state index in [1.54, 1.807) is 27.6 Å². The van der Waals surface area contributed by atoms with Crippen LogP contribution in [-0.2, 0) is 25.0 Å². The highest BCUT2D eigenvalue weighted by Gasteiger charge is 2.11. The highest BCUT2D eigenvalue weighted by molar-refractivity contribution is 6.42. The maximum Gasteiger partial charge on any atom is 0.323 e. The maximum absolute atomic E-state index is 11.0. The number of nitrogens with zero attached hydrogens (tertiary/aromatic N) is 3. The van der Waals surface area contributed by atoms with Gasteiger partial charge in [-0.3, -0.25) is 9.48 Å². The van der Waals surface area contributed by atoms with Gasteiger partial charge in [0.25, 0.3) is 0 Å². The number of hydrogen-bond donors (Lipinski definition) is 1. The number of aromatic nitrogens is 3. The van der Waals surface area contributed by atoms with Crippen molar-refractivity contribution in [3.63, 3.8) is 0 Å². The molecule has 0 saturated heterocycles. The van der Waals surface area contributed by atoms with Crippen LogP contribution < -0.4 is 4.74 Å². The van der Waals surface area contributed by atoms with Crippen LogP contribution in [0.1, 0.15) is 5.69 Å². The van der Waals surface area contributed by atoms with Crippen LogP contribution in [0.2, 0.25) is 10.0 Å². The van der Waals surface area contributed by atoms with Crippen LogP contribution >= 0.6 is 23.2 Å². The Hall–Kier alpha value is -2.96. The van der Waals surface area contributed by atoms with E-state index < -0.39 is 5.97 Å². The smallest absolute Gasteiger partial charge is 0.323 e. The van der Waals surface area contributed by atoms with Crippen molar-refractivity contribution in [1.29, 1.82) is 0 Å². The Bertz CT molecular complexity index is 1210. The van der Waals surface area contributed by atoms with Crippen molar-refractivity contribution in [1.82, 2.24) is 14.3 Å². The second-order valence-corrected chi connectivity index (χ2v) is 7.43. The van der Waals surface area contributed by atoms with Gasteiger partial charge in [0.1, 0.15) is 18.9 Å². The summed E-state index contributed by atoms with van der Waals surface area (Å²) in [6.45, 7) is 0.220. The number of fused-ring (bicyclic) bond motifs is 1. The molecule has 0 aliphatic rings. The molecule has 2 aromatic heterocycles. The Labute approximate surface area is 176 Å². The molecule has 1 N–H and O–H groups in total. The lowest BCUT2D eigenvalue weighted by atomic mass is 10.1. The number of aryl methyl sites for hydroxylation is 1. The van der Waals surface area contributed by atoms with Crippen molar-refractivity contribution in [2.45, 2.75) is 13.2 Å². The van der Waals surface area contributed by atoms with E-state index in [2.05, 4.69) is 5.10 Å². The van der Waals surface area contributed by atoms with E-state index in [1.165, 1.54) is 0 Å². The Morgan fingerprint density at radius 2 is 1.93 bits per heavy atom. The molecular weight excluding hydrogens is 413 g/mol. The Morgan fingerprint density at radius 1 is 1.10 bits per heavy atom. The molecule has 4 rings (SSSR count). The molecule has 0 aliphatic carbocycles. The summed E-state index contributed by atoms with van der Waals surface area (Å²) in [7, 11) is 1.85. The second-order valence-electron chi connectivity index (χ2n) is 6.62. The van der Waals surface area contributed by atoms with E-state index in [1.807, 2.05) is 43.4 Å². The normalized spacial score (nSPS) is 11.1. The predicted octanol–water partition coefficient (Wildman–Crippen LogP) is 5.01. The number of carboxylic acid groups (broad SMARTS) is 1. The van der Waals surface area contributed by atoms with E-state index in [-0.39, 0.29) is 6.54 Å². The fraction of sp³-hybridized carbons (Fsp3) is 0.143. The van der Waals surface area contributed by atoms with E-state index in [9.17, 15) is 4.79 Å². The van der Waals surface area contributed by atoms with Gasteiger partial charge in [0.15, 0.2) is 0 Å². The Balaban J connectivity index is 1.54. The molecule has 4 aromatic rings. The molecule has 0 atom stereocenters. The fourth-order valence-corrected chi connectivity index (χ4v) is 3.43. The molecule has 0 bridgehead atoms. The lowest BCUT2D eigenvalue weighted by molar-refractivity contribution is -0.137. The number of benzene rings is 2. The van der Waals surface area contributed by atoms with Crippen molar-refractivity contribution in [2.24, 2.45) is 7.05 Å². The molecule has 0 radical (unpaired) electrons. The molecule has 0 spiro atoms. The quantitative estimate of drug-likeness (QED) is 0.467. The summed E-state index contributed by atoms with van der Waals surface area (Å²) in [6.07, 6.45) is 1.76. The van der Waals surface area contributed by atoms with Crippen molar-refractivity contribution >= 4 is 40.1 Å². The number of ether oxygens (including phenoxy) is 1. The van der Waals surface area contributed by atoms with E-state index >= 15 is 0 Å². The molecule has 29 heavy (non-hydrogen) atoms. The van der Waals surface area contributed by atoms with Crippen molar-refractivity contribution in [3.05, 3.63) is 70.5 Å². The zero-order valence-corrected chi connectivity index (χ0v) is 17.0. The Kier molecular flexibility index (Phi) is 5.22. The van der Waals surface area contributed by atoms with Gasteiger partial charge >= 0.3 is 5.97 Å². The highest BCUT2D eigenvalue weighted by atomic mass is 35.5. The van der Waals surface area contributed by atoms with Crippen LogP contribution in [0.4, 0.5) is 0 Å². The van der Waals surface area contributed by atoms with Gasteiger partial charge in [-0.1, -0.05) is 29.3 Å². The summed E-state index contributed by atoms with van der Waals surface area (Å²) in [6, 6.07) is 14.8. The number of carboxylic acids is 1. The van der Waals surface area contributed by atoms with E-state index in [0.717, 1.165) is 27.9 Å². The molecule has 0 amide bonds. The van der Waals surface area contributed by atoms with Crippen LogP contribution in [0.15, 0.2) is 54.7 Å². The number of carbonyl (C=O) groups is 1. The number of halogens is 2. The van der Waals surface area contributed by atoms with Gasteiger partial charge in [0.2, 0.25) is 0 Å². The SMILES string of the molecule is Cn1nc(-c2ccc(Cl)c(Cl)c2)cc1COc1ccc2ccn(CC(=O)O)c2c1. The van der Waals surface area contributed by atoms with E-state index in [4.69, 9.17) is 33.0 Å². The zero-order chi connectivity index (χ0) is 20.5. The van der Waals surface area contributed by atoms with Gasteiger partial charge in [0.05, 0.1) is 26.9 Å². The van der Waals surface area contributed by atoms with Gasteiger partial charge in [-0.25, -0.2) is 0 Å². The van der Waals surface area contributed by atoms with E-state index in [0.29, 0.717) is 22.4 Å². The minimum Gasteiger partial charge on any atom is -0.487 e. The predicted molar refractivity (Wildman–Crippen MR) is 113 cm³/mol. The van der Waals surface area contributed by atoms with Crippen LogP contribution in [0, 0.1) is 0 Å². The first-order chi connectivity index (χ1) is 13.9. The van der Waals surface area contributed by atoms with Gasteiger partial charge in [-0.05, 0) is 41.8 Å². The summed E-state index contributed by atoms with van der Waals surface area (Å²) in [5.74, 6) is -0.237. The molecule has 2 heterocycles. The molecule has 6 nitrogen and oxygen atoms in total. The largest absolute Gasteiger partial charge is 0.487 e. The number of aliphatic carboxylic acids is 1. The first kappa shape index (κ1) is 19.4. The summed E-state index contributed by atoms with van der Waals surface area (Å²) in [4.78, 5) is 11.0. The van der Waals surface area contributed by atoms with Crippen molar-refractivity contribution < 1.29 is 14.6 Å². The van der Waals surface area contributed by atoms with Gasteiger partial charge in [-0.15, -0.1) is 0 Å². The van der Waals surface area contributed by atoms with Gasteiger partial charge < -0.3 is 14.4 Å². The van der Waals surface area contributed by atoms with Crippen LogP contribution in [0.25, 0.3) is 22.2 Å². The van der Waals surface area contributed by atoms with Crippen LogP contribution in [0.3, 0.4) is 0 Å². The molecule has 0 aliphatic heterocycles. The first-order valence-electron chi connectivity index (χ1n) is 8.82. The molecular formula is C21H17Cl2N3O3. The fourth-order valence-electron chi connectivity index (χ4n) is 3.13. The average molecular weight is 430 g/mol. The molecule has 2 aromatic carbocycles.